The van der Waals surface area contributed by atoms with Gasteiger partial charge in [0, 0.05) is 22.6 Å². The summed E-state index contributed by atoms with van der Waals surface area (Å²) in [5, 5.41) is 3.21. The summed E-state index contributed by atoms with van der Waals surface area (Å²) >= 11 is 9.44. The van der Waals surface area contributed by atoms with Gasteiger partial charge in [-0.3, -0.25) is 9.59 Å². The second-order valence-corrected chi connectivity index (χ2v) is 8.29. The van der Waals surface area contributed by atoms with Gasteiger partial charge < -0.3 is 15.0 Å². The van der Waals surface area contributed by atoms with Crippen LogP contribution in [0.25, 0.3) is 0 Å². The number of carbonyl (C=O) groups is 2. The van der Waals surface area contributed by atoms with Crippen molar-refractivity contribution >= 4 is 39.3 Å². The second kappa shape index (κ2) is 11.3. The van der Waals surface area contributed by atoms with Crippen molar-refractivity contribution in [3.63, 3.8) is 0 Å². The van der Waals surface area contributed by atoms with Crippen molar-refractivity contribution in [2.24, 2.45) is 0 Å². The van der Waals surface area contributed by atoms with Crippen LogP contribution in [0.1, 0.15) is 32.8 Å². The third-order valence-electron chi connectivity index (χ3n) is 4.71. The first-order chi connectivity index (χ1) is 14.2. The first kappa shape index (κ1) is 24.2. The molecule has 0 fully saturated rings. The molecule has 0 aliphatic carbocycles. The van der Waals surface area contributed by atoms with Crippen molar-refractivity contribution in [2.45, 2.75) is 45.8 Å². The van der Waals surface area contributed by atoms with E-state index in [2.05, 4.69) is 21.2 Å². The van der Waals surface area contributed by atoms with Crippen molar-refractivity contribution in [1.82, 2.24) is 10.2 Å². The summed E-state index contributed by atoms with van der Waals surface area (Å²) in [6.45, 7) is 5.05. The van der Waals surface area contributed by atoms with Crippen molar-refractivity contribution in [1.29, 1.82) is 0 Å². The summed E-state index contributed by atoms with van der Waals surface area (Å²) in [7, 11) is 0. The SMILES string of the molecule is CC[C@@H](C)NC(=O)[C@H](C)N(Cc1ccccc1F)C(=O)COc1ccc(Br)cc1Cl. The van der Waals surface area contributed by atoms with Crippen molar-refractivity contribution in [3.8, 4) is 5.75 Å². The van der Waals surface area contributed by atoms with E-state index in [-0.39, 0.29) is 25.1 Å². The number of benzene rings is 2. The fraction of sp³-hybridized carbons (Fsp3) is 0.364. The Morgan fingerprint density at radius 1 is 1.23 bits per heavy atom. The van der Waals surface area contributed by atoms with Gasteiger partial charge in [-0.05, 0) is 44.5 Å². The third-order valence-corrected chi connectivity index (χ3v) is 5.50. The fourth-order valence-electron chi connectivity index (χ4n) is 2.67. The van der Waals surface area contributed by atoms with Gasteiger partial charge in [0.2, 0.25) is 5.91 Å². The van der Waals surface area contributed by atoms with E-state index in [1.165, 1.54) is 11.0 Å². The molecule has 0 aliphatic heterocycles. The minimum absolute atomic E-state index is 0.0387. The smallest absolute Gasteiger partial charge is 0.261 e. The molecule has 2 aromatic rings. The van der Waals surface area contributed by atoms with Gasteiger partial charge in [0.1, 0.15) is 17.6 Å². The van der Waals surface area contributed by atoms with Gasteiger partial charge in [-0.25, -0.2) is 4.39 Å². The fourth-order valence-corrected chi connectivity index (χ4v) is 3.40. The van der Waals surface area contributed by atoms with Gasteiger partial charge in [0.25, 0.3) is 5.91 Å². The summed E-state index contributed by atoms with van der Waals surface area (Å²) in [5.41, 5.74) is 0.315. The van der Waals surface area contributed by atoms with Crippen LogP contribution in [0.15, 0.2) is 46.9 Å². The maximum atomic E-state index is 14.2. The summed E-state index contributed by atoms with van der Waals surface area (Å²) < 4.78 is 20.5. The number of rotatable bonds is 9. The molecule has 0 spiro atoms. The minimum Gasteiger partial charge on any atom is -0.482 e. The van der Waals surface area contributed by atoms with E-state index in [1.807, 2.05) is 13.8 Å². The molecule has 0 saturated heterocycles. The molecule has 0 unspecified atom stereocenters. The van der Waals surface area contributed by atoms with Crippen LogP contribution in [0.3, 0.4) is 0 Å². The van der Waals surface area contributed by atoms with Gasteiger partial charge in [-0.15, -0.1) is 0 Å². The number of halogens is 3. The van der Waals surface area contributed by atoms with Gasteiger partial charge in [-0.1, -0.05) is 52.7 Å². The van der Waals surface area contributed by atoms with Gasteiger partial charge >= 0.3 is 0 Å². The van der Waals surface area contributed by atoms with Crippen LogP contribution in [0.5, 0.6) is 5.75 Å². The van der Waals surface area contributed by atoms with E-state index in [0.717, 1.165) is 10.9 Å². The predicted octanol–water partition coefficient (Wildman–Crippen LogP) is 4.95. The van der Waals surface area contributed by atoms with E-state index < -0.39 is 17.8 Å². The number of nitrogens with zero attached hydrogens (tertiary/aromatic N) is 1. The highest BCUT2D eigenvalue weighted by Gasteiger charge is 2.28. The molecule has 2 aromatic carbocycles. The summed E-state index contributed by atoms with van der Waals surface area (Å²) in [5.74, 6) is -0.864. The molecule has 162 valence electrons. The number of ether oxygens (including phenoxy) is 1. The standard InChI is InChI=1S/C22H25BrClFN2O3/c1-4-14(2)26-22(29)15(3)27(12-16-7-5-6-8-19(16)25)21(28)13-30-20-10-9-17(23)11-18(20)24/h5-11,14-15H,4,12-13H2,1-3H3,(H,26,29)/t14-,15+/m1/s1. The molecule has 30 heavy (non-hydrogen) atoms. The Balaban J connectivity index is 2.19. The minimum atomic E-state index is -0.810. The van der Waals surface area contributed by atoms with E-state index in [0.29, 0.717) is 16.3 Å². The molecule has 0 aromatic heterocycles. The number of carbonyl (C=O) groups excluding carboxylic acids is 2. The van der Waals surface area contributed by atoms with Crippen LogP contribution >= 0.6 is 27.5 Å². The molecule has 2 rings (SSSR count). The lowest BCUT2D eigenvalue weighted by molar-refractivity contribution is -0.142. The molecule has 2 amide bonds. The molecule has 8 heteroatoms. The third kappa shape index (κ3) is 6.71. The molecule has 0 saturated carbocycles. The Bertz CT molecular complexity index is 896. The van der Waals surface area contributed by atoms with Crippen LogP contribution in [-0.4, -0.2) is 35.4 Å². The monoisotopic (exact) mass is 498 g/mol. The largest absolute Gasteiger partial charge is 0.482 e. The zero-order valence-electron chi connectivity index (χ0n) is 17.1. The van der Waals surface area contributed by atoms with Crippen LogP contribution in [0.2, 0.25) is 5.02 Å². The molecular formula is C22H25BrClFN2O3. The van der Waals surface area contributed by atoms with E-state index in [9.17, 15) is 14.0 Å². The molecule has 0 aliphatic rings. The first-order valence-electron chi connectivity index (χ1n) is 9.64. The second-order valence-electron chi connectivity index (χ2n) is 6.97. The van der Waals surface area contributed by atoms with E-state index in [4.69, 9.17) is 16.3 Å². The zero-order valence-corrected chi connectivity index (χ0v) is 19.5. The number of amides is 2. The van der Waals surface area contributed by atoms with Crippen LogP contribution in [-0.2, 0) is 16.1 Å². The molecular weight excluding hydrogens is 475 g/mol. The van der Waals surface area contributed by atoms with Crippen molar-refractivity contribution in [2.75, 3.05) is 6.61 Å². The quantitative estimate of drug-likeness (QED) is 0.531. The predicted molar refractivity (Wildman–Crippen MR) is 119 cm³/mol. The highest BCUT2D eigenvalue weighted by Crippen LogP contribution is 2.27. The number of hydrogen-bond donors (Lipinski definition) is 1. The molecule has 2 atom stereocenters. The topological polar surface area (TPSA) is 58.6 Å². The molecule has 1 N–H and O–H groups in total. The Kier molecular flexibility index (Phi) is 9.11. The highest BCUT2D eigenvalue weighted by atomic mass is 79.9. The lowest BCUT2D eigenvalue weighted by Gasteiger charge is -2.29. The lowest BCUT2D eigenvalue weighted by Crippen LogP contribution is -2.50. The maximum absolute atomic E-state index is 14.2. The summed E-state index contributed by atoms with van der Waals surface area (Å²) in [6, 6.07) is 10.3. The Labute approximate surface area is 189 Å². The van der Waals surface area contributed by atoms with E-state index >= 15 is 0 Å². The van der Waals surface area contributed by atoms with Gasteiger partial charge in [-0.2, -0.15) is 0 Å². The zero-order chi connectivity index (χ0) is 22.3. The Morgan fingerprint density at radius 3 is 2.57 bits per heavy atom. The average molecular weight is 500 g/mol. The summed E-state index contributed by atoms with van der Waals surface area (Å²) in [4.78, 5) is 26.9. The molecule has 0 heterocycles. The Morgan fingerprint density at radius 2 is 1.93 bits per heavy atom. The maximum Gasteiger partial charge on any atom is 0.261 e. The molecule has 5 nitrogen and oxygen atoms in total. The van der Waals surface area contributed by atoms with Gasteiger partial charge in [0.15, 0.2) is 6.61 Å². The van der Waals surface area contributed by atoms with Crippen LogP contribution in [0, 0.1) is 5.82 Å². The Hall–Kier alpha value is -2.12. The number of nitrogens with one attached hydrogen (secondary N) is 1. The lowest BCUT2D eigenvalue weighted by atomic mass is 10.1. The normalized spacial score (nSPS) is 12.7. The van der Waals surface area contributed by atoms with Crippen molar-refractivity contribution in [3.05, 3.63) is 63.3 Å². The molecule has 0 radical (unpaired) electrons. The van der Waals surface area contributed by atoms with Crippen LogP contribution in [0.4, 0.5) is 4.39 Å². The first-order valence-corrected chi connectivity index (χ1v) is 10.8. The number of hydrogen-bond acceptors (Lipinski definition) is 3. The van der Waals surface area contributed by atoms with Crippen LogP contribution < -0.4 is 10.1 Å². The molecule has 0 bridgehead atoms. The highest BCUT2D eigenvalue weighted by molar-refractivity contribution is 9.10. The average Bonchev–Trinajstić information content (AvgIpc) is 2.71. The van der Waals surface area contributed by atoms with Crippen molar-refractivity contribution < 1.29 is 18.7 Å². The van der Waals surface area contributed by atoms with E-state index in [1.54, 1.807) is 43.3 Å². The summed E-state index contributed by atoms with van der Waals surface area (Å²) in [6.07, 6.45) is 0.755. The van der Waals surface area contributed by atoms with Gasteiger partial charge in [0.05, 0.1) is 5.02 Å².